The summed E-state index contributed by atoms with van der Waals surface area (Å²) in [7, 11) is 0. The van der Waals surface area contributed by atoms with Gasteiger partial charge in [-0.25, -0.2) is 9.59 Å². The molecule has 1 heterocycles. The number of benzene rings is 1. The van der Waals surface area contributed by atoms with Crippen LogP contribution in [0.3, 0.4) is 0 Å². The molecule has 1 amide bonds. The number of carbonyl (C=O) groups is 3. The van der Waals surface area contributed by atoms with E-state index in [1.54, 1.807) is 12.2 Å². The van der Waals surface area contributed by atoms with Gasteiger partial charge in [0.25, 0.3) is 5.69 Å². The Labute approximate surface area is 209 Å². The number of amides is 1. The molecule has 1 aromatic carbocycles. The number of hydrogen-bond donors (Lipinski definition) is 1. The molecule has 36 heavy (non-hydrogen) atoms. The number of allylic oxidation sites excluding steroid dienone is 2. The maximum absolute atomic E-state index is 12.9. The first-order valence-corrected chi connectivity index (χ1v) is 12.0. The maximum Gasteiger partial charge on any atom is 0.338 e. The lowest BCUT2D eigenvalue weighted by molar-refractivity contribution is -0.384. The highest BCUT2D eigenvalue weighted by molar-refractivity contribution is 5.93. The highest BCUT2D eigenvalue weighted by atomic mass is 16.6. The smallest absolute Gasteiger partial charge is 0.338 e. The summed E-state index contributed by atoms with van der Waals surface area (Å²) in [5, 5.41) is 13.9. The third kappa shape index (κ3) is 4.45. The molecule has 0 bridgehead atoms. The molecule has 190 valence electrons. The third-order valence-electron chi connectivity index (χ3n) is 8.19. The molecule has 0 unspecified atom stereocenters. The topological polar surface area (TPSA) is 125 Å². The molecule has 0 aromatic heterocycles. The molecule has 2 fully saturated rings. The molecule has 5 atom stereocenters. The van der Waals surface area contributed by atoms with Crippen molar-refractivity contribution in [2.45, 2.75) is 51.2 Å². The number of non-ortho nitro benzene ring substituents is 1. The highest BCUT2D eigenvalue weighted by Gasteiger charge is 2.59. The van der Waals surface area contributed by atoms with Crippen LogP contribution in [0.25, 0.3) is 0 Å². The van der Waals surface area contributed by atoms with Crippen LogP contribution in [0.4, 0.5) is 5.69 Å². The Kier molecular flexibility index (Phi) is 6.84. The molecule has 3 aliphatic rings. The molecule has 0 saturated heterocycles. The first kappa shape index (κ1) is 25.3. The van der Waals surface area contributed by atoms with E-state index in [9.17, 15) is 24.5 Å². The monoisotopic (exact) mass is 494 g/mol. The average molecular weight is 495 g/mol. The number of cyclic esters (lactones) is 1. The summed E-state index contributed by atoms with van der Waals surface area (Å²) in [5.74, 6) is -1.02. The van der Waals surface area contributed by atoms with Gasteiger partial charge in [0.1, 0.15) is 12.7 Å². The standard InChI is InChI=1S/C27H30N2O7/c1-17-4-11-22-26(2,21(17)10-7-19-13-15-35-24(19)31)14-12-23(27(22,3)28-16-30)36-25(32)18-5-8-20(9-6-18)29(33)34/h5-10,13,16,21-23H,1,4,11-12,14-15H2,2-3H3,(H,28,30)/b10-7+/t21-,22+,23-,26+,27+/m1/s1. The van der Waals surface area contributed by atoms with Crippen molar-refractivity contribution in [3.63, 3.8) is 0 Å². The van der Waals surface area contributed by atoms with E-state index in [1.807, 2.05) is 13.0 Å². The molecule has 1 aliphatic heterocycles. The van der Waals surface area contributed by atoms with E-state index in [2.05, 4.69) is 18.8 Å². The Bertz CT molecular complexity index is 1160. The van der Waals surface area contributed by atoms with Gasteiger partial charge in [0.05, 0.1) is 21.6 Å². The van der Waals surface area contributed by atoms with Gasteiger partial charge >= 0.3 is 11.9 Å². The van der Waals surface area contributed by atoms with E-state index in [4.69, 9.17) is 9.47 Å². The zero-order valence-electron chi connectivity index (χ0n) is 20.4. The van der Waals surface area contributed by atoms with Crippen LogP contribution in [-0.2, 0) is 19.1 Å². The van der Waals surface area contributed by atoms with Gasteiger partial charge in [-0.15, -0.1) is 0 Å². The number of esters is 2. The van der Waals surface area contributed by atoms with Gasteiger partial charge in [0.2, 0.25) is 6.41 Å². The van der Waals surface area contributed by atoms with Crippen LogP contribution in [-0.4, -0.2) is 41.5 Å². The number of carbonyl (C=O) groups excluding carboxylic acids is 3. The average Bonchev–Trinajstić information content (AvgIpc) is 3.25. The van der Waals surface area contributed by atoms with Crippen LogP contribution in [0, 0.1) is 27.4 Å². The minimum Gasteiger partial charge on any atom is -0.458 e. The van der Waals surface area contributed by atoms with Gasteiger partial charge in [-0.1, -0.05) is 31.2 Å². The Balaban J connectivity index is 1.59. The summed E-state index contributed by atoms with van der Waals surface area (Å²) in [6.07, 6.45) is 8.32. The number of hydrogen-bond acceptors (Lipinski definition) is 7. The van der Waals surface area contributed by atoms with Crippen LogP contribution in [0.2, 0.25) is 0 Å². The molecule has 1 N–H and O–H groups in total. The second kappa shape index (κ2) is 9.72. The lowest BCUT2D eigenvalue weighted by Gasteiger charge is -2.59. The van der Waals surface area contributed by atoms with Gasteiger partial charge in [-0.05, 0) is 62.1 Å². The van der Waals surface area contributed by atoms with E-state index in [1.165, 1.54) is 24.3 Å². The fraction of sp³-hybridized carbons (Fsp3) is 0.444. The molecule has 9 nitrogen and oxygen atoms in total. The van der Waals surface area contributed by atoms with Crippen molar-refractivity contribution in [2.24, 2.45) is 17.3 Å². The van der Waals surface area contributed by atoms with Crippen molar-refractivity contribution in [3.8, 4) is 0 Å². The molecule has 1 aromatic rings. The van der Waals surface area contributed by atoms with E-state index >= 15 is 0 Å². The number of ether oxygens (including phenoxy) is 2. The summed E-state index contributed by atoms with van der Waals surface area (Å²) in [5.41, 5.74) is 0.534. The number of rotatable bonds is 7. The van der Waals surface area contributed by atoms with Gasteiger partial charge in [-0.2, -0.15) is 0 Å². The van der Waals surface area contributed by atoms with Crippen molar-refractivity contribution in [2.75, 3.05) is 6.61 Å². The number of nitrogens with one attached hydrogen (secondary N) is 1. The van der Waals surface area contributed by atoms with Gasteiger partial charge in [0.15, 0.2) is 0 Å². The predicted molar refractivity (Wildman–Crippen MR) is 131 cm³/mol. The van der Waals surface area contributed by atoms with Crippen LogP contribution in [0.15, 0.2) is 60.2 Å². The fourth-order valence-corrected chi connectivity index (χ4v) is 6.26. The first-order valence-electron chi connectivity index (χ1n) is 12.0. The summed E-state index contributed by atoms with van der Waals surface area (Å²) < 4.78 is 10.9. The van der Waals surface area contributed by atoms with Crippen LogP contribution >= 0.6 is 0 Å². The van der Waals surface area contributed by atoms with Crippen LogP contribution in [0.1, 0.15) is 49.9 Å². The van der Waals surface area contributed by atoms with E-state index < -0.39 is 22.5 Å². The SMILES string of the molecule is C=C1CC[C@H]2[C@@](C)(CC[C@@H](OC(=O)c3ccc([N+](=O)[O-])cc3)[C@@]2(C)NC=O)[C@@H]1/C=C/C1=CCOC1=O. The van der Waals surface area contributed by atoms with E-state index in [0.717, 1.165) is 18.4 Å². The Morgan fingerprint density at radius 1 is 1.28 bits per heavy atom. The quantitative estimate of drug-likeness (QED) is 0.199. The molecular weight excluding hydrogens is 464 g/mol. The largest absolute Gasteiger partial charge is 0.458 e. The molecular formula is C27H30N2O7. The van der Waals surface area contributed by atoms with Gasteiger partial charge in [-0.3, -0.25) is 14.9 Å². The van der Waals surface area contributed by atoms with Crippen molar-refractivity contribution in [3.05, 3.63) is 75.9 Å². The lowest BCUT2D eigenvalue weighted by atomic mass is 9.48. The molecule has 2 aliphatic carbocycles. The van der Waals surface area contributed by atoms with Gasteiger partial charge in [0, 0.05) is 18.1 Å². The fourth-order valence-electron chi connectivity index (χ4n) is 6.26. The normalized spacial score (nSPS) is 31.8. The number of fused-ring (bicyclic) bond motifs is 1. The van der Waals surface area contributed by atoms with Crippen molar-refractivity contribution >= 4 is 24.0 Å². The second-order valence-corrected chi connectivity index (χ2v) is 10.1. The van der Waals surface area contributed by atoms with Crippen molar-refractivity contribution < 1.29 is 28.8 Å². The first-order chi connectivity index (χ1) is 17.1. The minimum atomic E-state index is -0.844. The maximum atomic E-state index is 12.9. The zero-order chi connectivity index (χ0) is 26.1. The molecule has 4 rings (SSSR count). The molecule has 0 radical (unpaired) electrons. The summed E-state index contributed by atoms with van der Waals surface area (Å²) in [4.78, 5) is 47.0. The highest BCUT2D eigenvalue weighted by Crippen LogP contribution is 2.59. The number of nitro benzene ring substituents is 1. The molecule has 0 spiro atoms. The van der Waals surface area contributed by atoms with Crippen molar-refractivity contribution in [1.29, 1.82) is 0 Å². The minimum absolute atomic E-state index is 0.0374. The summed E-state index contributed by atoms with van der Waals surface area (Å²) in [6.45, 7) is 8.65. The number of nitrogens with zero attached hydrogens (tertiary/aromatic N) is 1. The second-order valence-electron chi connectivity index (χ2n) is 10.1. The predicted octanol–water partition coefficient (Wildman–Crippen LogP) is 4.05. The Hall–Kier alpha value is -3.75. The van der Waals surface area contributed by atoms with Crippen LogP contribution < -0.4 is 5.32 Å². The summed E-state index contributed by atoms with van der Waals surface area (Å²) >= 11 is 0. The number of nitro groups is 1. The van der Waals surface area contributed by atoms with E-state index in [0.29, 0.717) is 24.8 Å². The molecule has 9 heteroatoms. The summed E-state index contributed by atoms with van der Waals surface area (Å²) in [6, 6.07) is 5.26. The van der Waals surface area contributed by atoms with E-state index in [-0.39, 0.29) is 41.1 Å². The van der Waals surface area contributed by atoms with Gasteiger partial charge < -0.3 is 14.8 Å². The van der Waals surface area contributed by atoms with Crippen molar-refractivity contribution in [1.82, 2.24) is 5.32 Å². The third-order valence-corrected chi connectivity index (χ3v) is 8.19. The Morgan fingerprint density at radius 3 is 2.61 bits per heavy atom. The Morgan fingerprint density at radius 2 is 2.00 bits per heavy atom. The lowest BCUT2D eigenvalue weighted by Crippen LogP contribution is -2.66. The molecule has 2 saturated carbocycles. The zero-order valence-corrected chi connectivity index (χ0v) is 20.4. The van der Waals surface area contributed by atoms with Crippen LogP contribution in [0.5, 0.6) is 0 Å².